The maximum absolute atomic E-state index is 11.1. The number of rotatable bonds is 6. The van der Waals surface area contributed by atoms with Crippen molar-refractivity contribution in [1.82, 2.24) is 4.90 Å². The van der Waals surface area contributed by atoms with Crippen molar-refractivity contribution >= 4 is 11.4 Å². The first-order valence-corrected chi connectivity index (χ1v) is 7.16. The van der Waals surface area contributed by atoms with E-state index in [2.05, 4.69) is 5.32 Å². The summed E-state index contributed by atoms with van der Waals surface area (Å²) in [5.41, 5.74) is 1.83. The minimum Gasteiger partial charge on any atom is -0.378 e. The van der Waals surface area contributed by atoms with E-state index in [0.29, 0.717) is 17.8 Å². The van der Waals surface area contributed by atoms with Gasteiger partial charge in [0, 0.05) is 12.6 Å². The molecule has 0 fully saturated rings. The second-order valence-electron chi connectivity index (χ2n) is 5.37. The van der Waals surface area contributed by atoms with Crippen molar-refractivity contribution < 1.29 is 4.92 Å². The Morgan fingerprint density at radius 3 is 2.52 bits per heavy atom. The lowest BCUT2D eigenvalue weighted by Gasteiger charge is -2.25. The first-order chi connectivity index (χ1) is 11.0. The van der Waals surface area contributed by atoms with Crippen molar-refractivity contribution in [2.24, 2.45) is 0 Å². The standard InChI is InChI=1S/C17H18N4O2/c1-20(2)17(14-6-4-3-5-7-14)12-19-15-10-13(11-18)8-9-16(15)21(22)23/h3-10,17,19H,12H2,1-2H3. The van der Waals surface area contributed by atoms with Gasteiger partial charge in [-0.2, -0.15) is 5.26 Å². The predicted molar refractivity (Wildman–Crippen MR) is 89.2 cm³/mol. The van der Waals surface area contributed by atoms with Crippen LogP contribution in [0.15, 0.2) is 48.5 Å². The molecule has 0 radical (unpaired) electrons. The largest absolute Gasteiger partial charge is 0.378 e. The molecule has 0 spiro atoms. The van der Waals surface area contributed by atoms with E-state index >= 15 is 0 Å². The molecular weight excluding hydrogens is 292 g/mol. The van der Waals surface area contributed by atoms with Gasteiger partial charge in [-0.05, 0) is 31.8 Å². The Kier molecular flexibility index (Phi) is 5.28. The van der Waals surface area contributed by atoms with Crippen molar-refractivity contribution in [3.05, 3.63) is 69.8 Å². The van der Waals surface area contributed by atoms with Crippen LogP contribution in [0.25, 0.3) is 0 Å². The van der Waals surface area contributed by atoms with Gasteiger partial charge in [0.05, 0.1) is 22.6 Å². The molecule has 0 aromatic heterocycles. The summed E-state index contributed by atoms with van der Waals surface area (Å²) >= 11 is 0. The molecule has 1 N–H and O–H groups in total. The minimum atomic E-state index is -0.448. The summed E-state index contributed by atoms with van der Waals surface area (Å²) in [5, 5.41) is 23.2. The third-order valence-corrected chi connectivity index (χ3v) is 3.62. The number of anilines is 1. The number of nitro groups is 1. The molecule has 0 aliphatic heterocycles. The summed E-state index contributed by atoms with van der Waals surface area (Å²) in [6.07, 6.45) is 0. The van der Waals surface area contributed by atoms with Gasteiger partial charge < -0.3 is 10.2 Å². The maximum Gasteiger partial charge on any atom is 0.292 e. The maximum atomic E-state index is 11.1. The highest BCUT2D eigenvalue weighted by Gasteiger charge is 2.18. The topological polar surface area (TPSA) is 82.2 Å². The van der Waals surface area contributed by atoms with E-state index in [1.807, 2.05) is 55.4 Å². The van der Waals surface area contributed by atoms with Crippen LogP contribution in [0.3, 0.4) is 0 Å². The van der Waals surface area contributed by atoms with Gasteiger partial charge in [-0.3, -0.25) is 10.1 Å². The molecule has 6 heteroatoms. The lowest BCUT2D eigenvalue weighted by Crippen LogP contribution is -2.27. The van der Waals surface area contributed by atoms with E-state index in [1.165, 1.54) is 18.2 Å². The SMILES string of the molecule is CN(C)C(CNc1cc(C#N)ccc1[N+](=O)[O-])c1ccccc1. The van der Waals surface area contributed by atoms with Crippen LogP contribution in [0, 0.1) is 21.4 Å². The Morgan fingerprint density at radius 1 is 1.26 bits per heavy atom. The number of hydrogen-bond donors (Lipinski definition) is 1. The van der Waals surface area contributed by atoms with E-state index in [1.54, 1.807) is 0 Å². The summed E-state index contributed by atoms with van der Waals surface area (Å²) in [6, 6.07) is 16.3. The van der Waals surface area contributed by atoms with Crippen molar-refractivity contribution in [2.75, 3.05) is 26.0 Å². The summed E-state index contributed by atoms with van der Waals surface area (Å²) in [4.78, 5) is 12.7. The van der Waals surface area contributed by atoms with Gasteiger partial charge in [0.2, 0.25) is 0 Å². The molecule has 0 heterocycles. The fourth-order valence-corrected chi connectivity index (χ4v) is 2.39. The Bertz CT molecular complexity index is 723. The van der Waals surface area contributed by atoms with Gasteiger partial charge in [-0.1, -0.05) is 30.3 Å². The van der Waals surface area contributed by atoms with Gasteiger partial charge >= 0.3 is 0 Å². The van der Waals surface area contributed by atoms with Crippen LogP contribution in [0.4, 0.5) is 11.4 Å². The summed E-state index contributed by atoms with van der Waals surface area (Å²) in [6.45, 7) is 0.493. The van der Waals surface area contributed by atoms with Crippen molar-refractivity contribution in [1.29, 1.82) is 5.26 Å². The zero-order valence-electron chi connectivity index (χ0n) is 13.1. The molecule has 6 nitrogen and oxygen atoms in total. The van der Waals surface area contributed by atoms with Crippen LogP contribution >= 0.6 is 0 Å². The second kappa shape index (κ2) is 7.38. The average molecular weight is 310 g/mol. The molecular formula is C17H18N4O2. The quantitative estimate of drug-likeness (QED) is 0.654. The molecule has 0 aliphatic rings. The third-order valence-electron chi connectivity index (χ3n) is 3.62. The van der Waals surface area contributed by atoms with E-state index in [4.69, 9.17) is 5.26 Å². The number of nitrogens with one attached hydrogen (secondary N) is 1. The molecule has 23 heavy (non-hydrogen) atoms. The zero-order chi connectivity index (χ0) is 16.8. The molecule has 1 atom stereocenters. The second-order valence-corrected chi connectivity index (χ2v) is 5.37. The molecule has 0 saturated carbocycles. The molecule has 0 saturated heterocycles. The van der Waals surface area contributed by atoms with Crippen LogP contribution in [0.1, 0.15) is 17.2 Å². The van der Waals surface area contributed by atoms with Gasteiger partial charge in [0.15, 0.2) is 0 Å². The number of likely N-dealkylation sites (N-methyl/N-ethyl adjacent to an activating group) is 1. The monoisotopic (exact) mass is 310 g/mol. The van der Waals surface area contributed by atoms with Crippen molar-refractivity contribution in [2.45, 2.75) is 6.04 Å². The average Bonchev–Trinajstić information content (AvgIpc) is 2.55. The van der Waals surface area contributed by atoms with Crippen molar-refractivity contribution in [3.63, 3.8) is 0 Å². The lowest BCUT2D eigenvalue weighted by molar-refractivity contribution is -0.384. The Balaban J connectivity index is 2.24. The van der Waals surface area contributed by atoms with Crippen LogP contribution in [0.5, 0.6) is 0 Å². The number of nitriles is 1. The lowest BCUT2D eigenvalue weighted by atomic mass is 10.1. The third kappa shape index (κ3) is 4.05. The number of nitro benzene ring substituents is 1. The summed E-state index contributed by atoms with van der Waals surface area (Å²) in [7, 11) is 3.92. The van der Waals surface area contributed by atoms with Crippen LogP contribution in [-0.2, 0) is 0 Å². The molecule has 2 aromatic carbocycles. The van der Waals surface area contributed by atoms with Gasteiger partial charge in [-0.25, -0.2) is 0 Å². The van der Waals surface area contributed by atoms with Gasteiger partial charge in [0.25, 0.3) is 5.69 Å². The van der Waals surface area contributed by atoms with E-state index < -0.39 is 4.92 Å². The van der Waals surface area contributed by atoms with E-state index in [9.17, 15) is 10.1 Å². The van der Waals surface area contributed by atoms with E-state index in [0.717, 1.165) is 5.56 Å². The normalized spacial score (nSPS) is 11.7. The fourth-order valence-electron chi connectivity index (χ4n) is 2.39. The Morgan fingerprint density at radius 2 is 1.96 bits per heavy atom. The number of nitrogens with zero attached hydrogens (tertiary/aromatic N) is 3. The van der Waals surface area contributed by atoms with Gasteiger partial charge in [0.1, 0.15) is 5.69 Å². The Hall–Kier alpha value is -2.91. The fraction of sp³-hybridized carbons (Fsp3) is 0.235. The minimum absolute atomic E-state index is 0.0328. The number of benzene rings is 2. The van der Waals surface area contributed by atoms with E-state index in [-0.39, 0.29) is 11.7 Å². The zero-order valence-corrected chi connectivity index (χ0v) is 13.1. The first kappa shape index (κ1) is 16.5. The van der Waals surface area contributed by atoms with Gasteiger partial charge in [-0.15, -0.1) is 0 Å². The molecule has 0 bridgehead atoms. The Labute approximate surface area is 135 Å². The van der Waals surface area contributed by atoms with Crippen LogP contribution in [0.2, 0.25) is 0 Å². The predicted octanol–water partition coefficient (Wildman–Crippen LogP) is 3.18. The molecule has 2 aromatic rings. The molecule has 0 amide bonds. The van der Waals surface area contributed by atoms with Crippen LogP contribution in [-0.4, -0.2) is 30.5 Å². The van der Waals surface area contributed by atoms with Crippen molar-refractivity contribution in [3.8, 4) is 6.07 Å². The molecule has 2 rings (SSSR count). The highest BCUT2D eigenvalue weighted by Crippen LogP contribution is 2.27. The molecule has 0 aliphatic carbocycles. The highest BCUT2D eigenvalue weighted by atomic mass is 16.6. The van der Waals surface area contributed by atoms with Crippen LogP contribution < -0.4 is 5.32 Å². The summed E-state index contributed by atoms with van der Waals surface area (Å²) in [5.74, 6) is 0. The smallest absolute Gasteiger partial charge is 0.292 e. The molecule has 118 valence electrons. The highest BCUT2D eigenvalue weighted by molar-refractivity contribution is 5.64. The molecule has 1 unspecified atom stereocenters. The first-order valence-electron chi connectivity index (χ1n) is 7.16. The number of hydrogen-bond acceptors (Lipinski definition) is 5. The summed E-state index contributed by atoms with van der Waals surface area (Å²) < 4.78 is 0.